The summed E-state index contributed by atoms with van der Waals surface area (Å²) in [6.07, 6.45) is 7.30. The standard InChI is InChI=1S/C25H21N5O2S/c31-24(32)18-7-3-8-19(14-18)29-13-5-10-21(29)23-22(20-9-1-2-12-27-20)28-25(33)30(23)16-17-6-4-11-26-15-17/h1-15,22-23H,16H2,(H,28,33)(H,31,32)/t22-,23-/m0/s1. The first-order valence-electron chi connectivity index (χ1n) is 10.5. The van der Waals surface area contributed by atoms with E-state index in [4.69, 9.17) is 12.2 Å². The highest BCUT2D eigenvalue weighted by atomic mass is 32.1. The number of thiocarbonyl (C=S) groups is 1. The van der Waals surface area contributed by atoms with Gasteiger partial charge in [0.15, 0.2) is 5.11 Å². The Balaban J connectivity index is 1.61. The maximum atomic E-state index is 11.5. The average Bonchev–Trinajstić information content (AvgIpc) is 3.45. The second-order valence-electron chi connectivity index (χ2n) is 7.77. The second kappa shape index (κ2) is 8.84. The van der Waals surface area contributed by atoms with Crippen molar-refractivity contribution < 1.29 is 9.90 Å². The molecule has 0 unspecified atom stereocenters. The quantitative estimate of drug-likeness (QED) is 0.423. The van der Waals surface area contributed by atoms with Crippen molar-refractivity contribution in [1.82, 2.24) is 24.8 Å². The smallest absolute Gasteiger partial charge is 0.335 e. The molecule has 0 aliphatic carbocycles. The van der Waals surface area contributed by atoms with Gasteiger partial charge in [-0.2, -0.15) is 0 Å². The molecule has 7 nitrogen and oxygen atoms in total. The van der Waals surface area contributed by atoms with Gasteiger partial charge in [0.2, 0.25) is 0 Å². The van der Waals surface area contributed by atoms with Crippen LogP contribution in [0.5, 0.6) is 0 Å². The Morgan fingerprint density at radius 2 is 1.97 bits per heavy atom. The van der Waals surface area contributed by atoms with Gasteiger partial charge in [0, 0.05) is 42.7 Å². The topological polar surface area (TPSA) is 83.3 Å². The van der Waals surface area contributed by atoms with Crippen molar-refractivity contribution in [3.05, 3.63) is 114 Å². The van der Waals surface area contributed by atoms with E-state index in [0.717, 1.165) is 22.6 Å². The van der Waals surface area contributed by atoms with Crippen molar-refractivity contribution >= 4 is 23.3 Å². The number of benzene rings is 1. The first-order chi connectivity index (χ1) is 16.1. The Labute approximate surface area is 196 Å². The van der Waals surface area contributed by atoms with E-state index < -0.39 is 5.97 Å². The van der Waals surface area contributed by atoms with Crippen LogP contribution in [0.4, 0.5) is 0 Å². The molecule has 3 aromatic heterocycles. The number of aromatic carboxylic acids is 1. The summed E-state index contributed by atoms with van der Waals surface area (Å²) in [6, 6.07) is 20.3. The maximum Gasteiger partial charge on any atom is 0.335 e. The number of hydrogen-bond donors (Lipinski definition) is 2. The van der Waals surface area contributed by atoms with Crippen molar-refractivity contribution in [3.8, 4) is 5.69 Å². The van der Waals surface area contributed by atoms with Crippen molar-refractivity contribution in [2.75, 3.05) is 0 Å². The van der Waals surface area contributed by atoms with E-state index in [1.807, 2.05) is 65.5 Å². The first-order valence-corrected chi connectivity index (χ1v) is 10.9. The van der Waals surface area contributed by atoms with E-state index in [9.17, 15) is 9.90 Å². The van der Waals surface area contributed by atoms with E-state index in [2.05, 4.69) is 20.2 Å². The monoisotopic (exact) mass is 455 g/mol. The van der Waals surface area contributed by atoms with Gasteiger partial charge < -0.3 is 19.9 Å². The molecule has 0 spiro atoms. The fourth-order valence-corrected chi connectivity index (χ4v) is 4.55. The summed E-state index contributed by atoms with van der Waals surface area (Å²) in [5.74, 6) is -0.959. The number of rotatable bonds is 6. The molecule has 2 N–H and O–H groups in total. The molecular formula is C25H21N5O2S. The molecule has 8 heteroatoms. The van der Waals surface area contributed by atoms with Gasteiger partial charge in [0.1, 0.15) is 0 Å². The lowest BCUT2D eigenvalue weighted by molar-refractivity contribution is 0.0697. The summed E-state index contributed by atoms with van der Waals surface area (Å²) in [7, 11) is 0. The van der Waals surface area contributed by atoms with Gasteiger partial charge in [0.25, 0.3) is 0 Å². The third-order valence-electron chi connectivity index (χ3n) is 5.73. The Hall–Kier alpha value is -4.04. The molecule has 0 radical (unpaired) electrons. The zero-order chi connectivity index (χ0) is 22.8. The summed E-state index contributed by atoms with van der Waals surface area (Å²) in [4.78, 5) is 22.5. The maximum absolute atomic E-state index is 11.5. The minimum Gasteiger partial charge on any atom is -0.478 e. The van der Waals surface area contributed by atoms with Crippen molar-refractivity contribution in [2.24, 2.45) is 0 Å². The molecule has 1 saturated heterocycles. The molecule has 33 heavy (non-hydrogen) atoms. The summed E-state index contributed by atoms with van der Waals surface area (Å²) >= 11 is 5.76. The van der Waals surface area contributed by atoms with E-state index in [1.165, 1.54) is 0 Å². The zero-order valence-corrected chi connectivity index (χ0v) is 18.4. The Morgan fingerprint density at radius 1 is 1.06 bits per heavy atom. The highest BCUT2D eigenvalue weighted by molar-refractivity contribution is 7.80. The number of hydrogen-bond acceptors (Lipinski definition) is 4. The van der Waals surface area contributed by atoms with E-state index >= 15 is 0 Å². The highest BCUT2D eigenvalue weighted by Crippen LogP contribution is 2.40. The Bertz CT molecular complexity index is 1290. The van der Waals surface area contributed by atoms with Crippen LogP contribution < -0.4 is 5.32 Å². The molecule has 1 aromatic carbocycles. The van der Waals surface area contributed by atoms with Crippen molar-refractivity contribution in [2.45, 2.75) is 18.6 Å². The molecule has 1 fully saturated rings. The highest BCUT2D eigenvalue weighted by Gasteiger charge is 2.41. The summed E-state index contributed by atoms with van der Waals surface area (Å²) in [5.41, 5.74) is 3.91. The van der Waals surface area contributed by atoms with Gasteiger partial charge in [-0.15, -0.1) is 0 Å². The van der Waals surface area contributed by atoms with Crippen molar-refractivity contribution in [3.63, 3.8) is 0 Å². The molecule has 0 bridgehead atoms. The molecule has 1 aliphatic heterocycles. The number of carboxylic acids is 1. The predicted molar refractivity (Wildman–Crippen MR) is 128 cm³/mol. The number of nitrogens with zero attached hydrogens (tertiary/aromatic N) is 4. The molecular weight excluding hydrogens is 434 g/mol. The minimum atomic E-state index is -0.959. The lowest BCUT2D eigenvalue weighted by atomic mass is 10.0. The molecule has 5 rings (SSSR count). The second-order valence-corrected chi connectivity index (χ2v) is 8.16. The Morgan fingerprint density at radius 3 is 2.73 bits per heavy atom. The van der Waals surface area contributed by atoms with Gasteiger partial charge in [0.05, 0.1) is 23.3 Å². The molecule has 1 aliphatic rings. The van der Waals surface area contributed by atoms with Crippen LogP contribution >= 0.6 is 12.2 Å². The van der Waals surface area contributed by atoms with E-state index in [-0.39, 0.29) is 17.6 Å². The van der Waals surface area contributed by atoms with Gasteiger partial charge in [-0.25, -0.2) is 4.79 Å². The van der Waals surface area contributed by atoms with Gasteiger partial charge in [-0.1, -0.05) is 18.2 Å². The molecule has 2 atom stereocenters. The summed E-state index contributed by atoms with van der Waals surface area (Å²) < 4.78 is 2.01. The normalized spacial score (nSPS) is 17.7. The van der Waals surface area contributed by atoms with Crippen LogP contribution in [-0.2, 0) is 6.54 Å². The van der Waals surface area contributed by atoms with Crippen molar-refractivity contribution in [1.29, 1.82) is 0 Å². The third-order valence-corrected chi connectivity index (χ3v) is 6.08. The van der Waals surface area contributed by atoms with Crippen LogP contribution in [0.2, 0.25) is 0 Å². The van der Waals surface area contributed by atoms with E-state index in [0.29, 0.717) is 11.7 Å². The van der Waals surface area contributed by atoms with Crippen LogP contribution in [-0.4, -0.2) is 35.6 Å². The fourth-order valence-electron chi connectivity index (χ4n) is 4.24. The molecule has 0 amide bonds. The molecule has 0 saturated carbocycles. The lowest BCUT2D eigenvalue weighted by Crippen LogP contribution is -2.30. The number of nitrogens with one attached hydrogen (secondary N) is 1. The number of carboxylic acid groups (broad SMARTS) is 1. The zero-order valence-electron chi connectivity index (χ0n) is 17.6. The average molecular weight is 456 g/mol. The third kappa shape index (κ3) is 4.08. The molecule has 4 heterocycles. The molecule has 4 aromatic rings. The van der Waals surface area contributed by atoms with Crippen LogP contribution in [0, 0.1) is 0 Å². The number of pyridine rings is 2. The first kappa shape index (κ1) is 20.8. The SMILES string of the molecule is O=C(O)c1cccc(-n2cccc2[C@H]2[C@H](c3ccccn3)NC(=S)N2Cc2cccnc2)c1. The minimum absolute atomic E-state index is 0.170. The number of carbonyl (C=O) groups is 1. The molecule has 164 valence electrons. The van der Waals surface area contributed by atoms with Crippen LogP contribution in [0.15, 0.2) is 91.5 Å². The lowest BCUT2D eigenvalue weighted by Gasteiger charge is -2.29. The van der Waals surface area contributed by atoms with Gasteiger partial charge >= 0.3 is 5.97 Å². The summed E-state index contributed by atoms with van der Waals surface area (Å²) in [5, 5.41) is 13.5. The predicted octanol–water partition coefficient (Wildman–Crippen LogP) is 4.14. The van der Waals surface area contributed by atoms with Crippen LogP contribution in [0.1, 0.15) is 39.4 Å². The largest absolute Gasteiger partial charge is 0.478 e. The Kier molecular flexibility index (Phi) is 5.58. The van der Waals surface area contributed by atoms with Crippen LogP contribution in [0.25, 0.3) is 5.69 Å². The fraction of sp³-hybridized carbons (Fsp3) is 0.120. The summed E-state index contributed by atoms with van der Waals surface area (Å²) in [6.45, 7) is 0.577. The van der Waals surface area contributed by atoms with Gasteiger partial charge in [-0.3, -0.25) is 9.97 Å². The van der Waals surface area contributed by atoms with Gasteiger partial charge in [-0.05, 0) is 66.3 Å². The van der Waals surface area contributed by atoms with Crippen LogP contribution in [0.3, 0.4) is 0 Å². The number of aromatic nitrogens is 3. The van der Waals surface area contributed by atoms with E-state index in [1.54, 1.807) is 30.6 Å².